The molecule has 2 N–H and O–H groups in total. The van der Waals surface area contributed by atoms with Crippen LogP contribution in [0.3, 0.4) is 0 Å². The van der Waals surface area contributed by atoms with E-state index in [9.17, 15) is 9.59 Å². The Kier molecular flexibility index (Phi) is 5.26. The van der Waals surface area contributed by atoms with Gasteiger partial charge in [-0.2, -0.15) is 0 Å². The van der Waals surface area contributed by atoms with Crippen LogP contribution in [0.2, 0.25) is 0 Å². The zero-order valence-electron chi connectivity index (χ0n) is 14.9. The highest BCUT2D eigenvalue weighted by atomic mass is 16.5. The summed E-state index contributed by atoms with van der Waals surface area (Å²) in [5.41, 5.74) is 3.02. The van der Waals surface area contributed by atoms with Crippen LogP contribution in [-0.4, -0.2) is 24.1 Å². The highest BCUT2D eigenvalue weighted by molar-refractivity contribution is 5.86. The summed E-state index contributed by atoms with van der Waals surface area (Å²) < 4.78 is 5.40. The molecule has 1 amide bonds. The first kappa shape index (κ1) is 18.0. The molecule has 0 bridgehead atoms. The van der Waals surface area contributed by atoms with E-state index in [1.165, 1.54) is 0 Å². The minimum absolute atomic E-state index is 0.176. The van der Waals surface area contributed by atoms with Crippen molar-refractivity contribution in [2.75, 3.05) is 7.11 Å². The molecule has 0 aromatic heterocycles. The molecule has 2 aromatic rings. The Morgan fingerprint density at radius 3 is 2.31 bits per heavy atom. The largest absolute Gasteiger partial charge is 0.496 e. The summed E-state index contributed by atoms with van der Waals surface area (Å²) in [4.78, 5) is 23.4. The van der Waals surface area contributed by atoms with Gasteiger partial charge >= 0.3 is 5.97 Å². The van der Waals surface area contributed by atoms with E-state index < -0.39 is 17.8 Å². The maximum absolute atomic E-state index is 12.3. The fraction of sp³-hybridized carbons (Fsp3) is 0.333. The van der Waals surface area contributed by atoms with Crippen molar-refractivity contribution < 1.29 is 19.4 Å². The predicted molar refractivity (Wildman–Crippen MR) is 98.8 cm³/mol. The van der Waals surface area contributed by atoms with Gasteiger partial charge in [0.25, 0.3) is 0 Å². The average Bonchev–Trinajstić information content (AvgIpc) is 2.60. The summed E-state index contributed by atoms with van der Waals surface area (Å²) in [5.74, 6) is -1.21. The maximum atomic E-state index is 12.3. The summed E-state index contributed by atoms with van der Waals surface area (Å²) in [6.07, 6.45) is 1.22. The molecule has 136 valence electrons. The molecule has 1 aliphatic carbocycles. The molecule has 3 atom stereocenters. The number of aliphatic carboxylic acids is 1. The minimum atomic E-state index is -0.884. The van der Waals surface area contributed by atoms with Gasteiger partial charge in [-0.1, -0.05) is 42.5 Å². The monoisotopic (exact) mass is 353 g/mol. The van der Waals surface area contributed by atoms with E-state index in [4.69, 9.17) is 9.84 Å². The van der Waals surface area contributed by atoms with Gasteiger partial charge in [-0.3, -0.25) is 9.59 Å². The molecule has 5 heteroatoms. The fourth-order valence-corrected chi connectivity index (χ4v) is 3.35. The van der Waals surface area contributed by atoms with Crippen molar-refractivity contribution in [3.8, 4) is 16.9 Å². The SMILES string of the molecule is COc1ccccc1-c1ccc(C(C)NC(=O)C2CCC2C(=O)O)cc1. The molecule has 0 aliphatic heterocycles. The number of hydrogen-bond donors (Lipinski definition) is 2. The number of methoxy groups -OCH3 is 1. The molecule has 1 fully saturated rings. The van der Waals surface area contributed by atoms with Crippen molar-refractivity contribution in [2.45, 2.75) is 25.8 Å². The van der Waals surface area contributed by atoms with E-state index >= 15 is 0 Å². The average molecular weight is 353 g/mol. The highest BCUT2D eigenvalue weighted by Gasteiger charge is 2.41. The van der Waals surface area contributed by atoms with Gasteiger partial charge in [0.1, 0.15) is 5.75 Å². The number of para-hydroxylation sites is 1. The van der Waals surface area contributed by atoms with Gasteiger partial charge in [-0.25, -0.2) is 0 Å². The minimum Gasteiger partial charge on any atom is -0.496 e. The van der Waals surface area contributed by atoms with Crippen molar-refractivity contribution in [2.24, 2.45) is 11.8 Å². The number of carbonyl (C=O) groups excluding carboxylic acids is 1. The summed E-state index contributed by atoms with van der Waals surface area (Å²) in [5, 5.41) is 12.0. The highest BCUT2D eigenvalue weighted by Crippen LogP contribution is 2.35. The van der Waals surface area contributed by atoms with E-state index in [1.54, 1.807) is 7.11 Å². The van der Waals surface area contributed by atoms with E-state index in [0.717, 1.165) is 22.4 Å². The smallest absolute Gasteiger partial charge is 0.307 e. The van der Waals surface area contributed by atoms with Crippen LogP contribution in [0.15, 0.2) is 48.5 Å². The van der Waals surface area contributed by atoms with Gasteiger partial charge in [0.2, 0.25) is 5.91 Å². The number of hydrogen-bond acceptors (Lipinski definition) is 3. The molecule has 0 spiro atoms. The standard InChI is InChI=1S/C21H23NO4/c1-13(22-20(23)17-11-12-18(17)21(24)25)14-7-9-15(10-8-14)16-5-3-4-6-19(16)26-2/h3-10,13,17-18H,11-12H2,1-2H3,(H,22,23)(H,24,25). The molecular weight excluding hydrogens is 330 g/mol. The van der Waals surface area contributed by atoms with Crippen molar-refractivity contribution in [1.82, 2.24) is 5.32 Å². The molecule has 3 rings (SSSR count). The molecule has 5 nitrogen and oxygen atoms in total. The second kappa shape index (κ2) is 7.60. The quantitative estimate of drug-likeness (QED) is 0.831. The molecule has 0 saturated heterocycles. The Morgan fingerprint density at radius 1 is 1.08 bits per heavy atom. The second-order valence-electron chi connectivity index (χ2n) is 6.68. The Labute approximate surface area is 153 Å². The Hall–Kier alpha value is -2.82. The first-order valence-electron chi connectivity index (χ1n) is 8.77. The Bertz CT molecular complexity index is 800. The Balaban J connectivity index is 1.68. The number of benzene rings is 2. The van der Waals surface area contributed by atoms with Crippen LogP contribution in [0.4, 0.5) is 0 Å². The van der Waals surface area contributed by atoms with Crippen LogP contribution < -0.4 is 10.1 Å². The summed E-state index contributed by atoms with van der Waals surface area (Å²) in [6.45, 7) is 1.91. The second-order valence-corrected chi connectivity index (χ2v) is 6.68. The molecule has 26 heavy (non-hydrogen) atoms. The number of rotatable bonds is 6. The topological polar surface area (TPSA) is 75.6 Å². The molecule has 0 heterocycles. The third kappa shape index (κ3) is 3.57. The lowest BCUT2D eigenvalue weighted by Crippen LogP contribution is -2.44. The van der Waals surface area contributed by atoms with Crippen molar-refractivity contribution >= 4 is 11.9 Å². The molecule has 3 unspecified atom stereocenters. The van der Waals surface area contributed by atoms with Crippen LogP contribution in [0, 0.1) is 11.8 Å². The zero-order chi connectivity index (χ0) is 18.7. The maximum Gasteiger partial charge on any atom is 0.307 e. The molecule has 2 aromatic carbocycles. The van der Waals surface area contributed by atoms with Crippen LogP contribution in [0.25, 0.3) is 11.1 Å². The van der Waals surface area contributed by atoms with Crippen LogP contribution in [0.5, 0.6) is 5.75 Å². The molecule has 1 aliphatic rings. The van der Waals surface area contributed by atoms with Crippen molar-refractivity contribution in [3.63, 3.8) is 0 Å². The fourth-order valence-electron chi connectivity index (χ4n) is 3.35. The summed E-state index contributed by atoms with van der Waals surface area (Å²) >= 11 is 0. The number of nitrogens with one attached hydrogen (secondary N) is 1. The number of amides is 1. The normalized spacial score (nSPS) is 19.9. The van der Waals surface area contributed by atoms with Crippen LogP contribution >= 0.6 is 0 Å². The predicted octanol–water partition coefficient (Wildman–Crippen LogP) is 3.65. The van der Waals surface area contributed by atoms with E-state index in [1.807, 2.05) is 55.5 Å². The number of carboxylic acid groups (broad SMARTS) is 1. The summed E-state index contributed by atoms with van der Waals surface area (Å²) in [6, 6.07) is 15.6. The first-order chi connectivity index (χ1) is 12.5. The lowest BCUT2D eigenvalue weighted by Gasteiger charge is -2.33. The van der Waals surface area contributed by atoms with Gasteiger partial charge in [0, 0.05) is 5.56 Å². The first-order valence-corrected chi connectivity index (χ1v) is 8.77. The Morgan fingerprint density at radius 2 is 1.73 bits per heavy atom. The van der Waals surface area contributed by atoms with E-state index in [-0.39, 0.29) is 11.9 Å². The molecule has 0 radical (unpaired) electrons. The lowest BCUT2D eigenvalue weighted by atomic mass is 9.73. The van der Waals surface area contributed by atoms with E-state index in [0.29, 0.717) is 12.8 Å². The zero-order valence-corrected chi connectivity index (χ0v) is 14.9. The molecule has 1 saturated carbocycles. The van der Waals surface area contributed by atoms with Crippen molar-refractivity contribution in [1.29, 1.82) is 0 Å². The molecular formula is C21H23NO4. The van der Waals surface area contributed by atoms with Gasteiger partial charge in [-0.15, -0.1) is 0 Å². The third-order valence-electron chi connectivity index (χ3n) is 5.12. The van der Waals surface area contributed by atoms with Gasteiger partial charge in [0.15, 0.2) is 0 Å². The van der Waals surface area contributed by atoms with Gasteiger partial charge in [0.05, 0.1) is 25.0 Å². The number of carbonyl (C=O) groups is 2. The third-order valence-corrected chi connectivity index (χ3v) is 5.12. The van der Waals surface area contributed by atoms with Gasteiger partial charge < -0.3 is 15.2 Å². The van der Waals surface area contributed by atoms with E-state index in [2.05, 4.69) is 5.32 Å². The van der Waals surface area contributed by atoms with Crippen LogP contribution in [0.1, 0.15) is 31.4 Å². The number of ether oxygens (including phenoxy) is 1. The number of carboxylic acids is 1. The van der Waals surface area contributed by atoms with Crippen LogP contribution in [-0.2, 0) is 9.59 Å². The van der Waals surface area contributed by atoms with Crippen molar-refractivity contribution in [3.05, 3.63) is 54.1 Å². The lowest BCUT2D eigenvalue weighted by molar-refractivity contribution is -0.152. The van der Waals surface area contributed by atoms with Gasteiger partial charge in [-0.05, 0) is 37.0 Å². The summed E-state index contributed by atoms with van der Waals surface area (Å²) in [7, 11) is 1.65.